The summed E-state index contributed by atoms with van der Waals surface area (Å²) in [6.45, 7) is 5.03. The van der Waals surface area contributed by atoms with Crippen molar-refractivity contribution in [1.29, 1.82) is 0 Å². The average Bonchev–Trinajstić information content (AvgIpc) is 3.55. The third-order valence-electron chi connectivity index (χ3n) is 7.17. The fraction of sp³-hybridized carbons (Fsp3) is 0.423. The fourth-order valence-electron chi connectivity index (χ4n) is 5.14. The molecule has 1 fully saturated rings. The van der Waals surface area contributed by atoms with Crippen molar-refractivity contribution in [3.8, 4) is 0 Å². The van der Waals surface area contributed by atoms with Gasteiger partial charge in [0.15, 0.2) is 0 Å². The van der Waals surface area contributed by atoms with Gasteiger partial charge < -0.3 is 20.3 Å². The van der Waals surface area contributed by atoms with E-state index in [4.69, 9.17) is 0 Å². The Morgan fingerprint density at radius 3 is 2.91 bits per heavy atom. The number of aliphatic hydroxyl groups excluding tert-OH is 1. The maximum atomic E-state index is 10.7. The first-order valence-electron chi connectivity index (χ1n) is 12.5. The summed E-state index contributed by atoms with van der Waals surface area (Å²) in [6.07, 6.45) is 9.44. The van der Waals surface area contributed by atoms with Crippen LogP contribution >= 0.6 is 28.6 Å². The molecule has 1 aromatic carbocycles. The van der Waals surface area contributed by atoms with Crippen LogP contribution in [0.1, 0.15) is 37.8 Å². The van der Waals surface area contributed by atoms with Crippen LogP contribution in [0.15, 0.2) is 50.6 Å². The van der Waals surface area contributed by atoms with Crippen molar-refractivity contribution in [2.75, 3.05) is 38.0 Å². The third kappa shape index (κ3) is 5.34. The first-order chi connectivity index (χ1) is 17.2. The van der Waals surface area contributed by atoms with E-state index in [2.05, 4.69) is 58.6 Å². The summed E-state index contributed by atoms with van der Waals surface area (Å²) < 4.78 is 4.60. The second-order valence-corrected chi connectivity index (χ2v) is 13.2. The lowest BCUT2D eigenvalue weighted by Crippen LogP contribution is -2.41. The Balaban J connectivity index is 1.12. The molecule has 5 heterocycles. The van der Waals surface area contributed by atoms with Crippen molar-refractivity contribution in [2.45, 2.75) is 43.2 Å². The molecule has 1 unspecified atom stereocenters. The van der Waals surface area contributed by atoms with E-state index in [1.165, 1.54) is 42.8 Å². The molecular weight excluding hydrogens is 571 g/mol. The van der Waals surface area contributed by atoms with Crippen LogP contribution in [-0.2, 0) is 0 Å². The lowest BCUT2D eigenvalue weighted by Gasteiger charge is -2.33. The van der Waals surface area contributed by atoms with Crippen LogP contribution < -0.4 is 5.32 Å². The molecule has 0 radical (unpaired) electrons. The van der Waals surface area contributed by atoms with Gasteiger partial charge in [0.25, 0.3) is 0 Å². The van der Waals surface area contributed by atoms with Gasteiger partial charge >= 0.3 is 0 Å². The van der Waals surface area contributed by atoms with E-state index >= 15 is 0 Å². The molecule has 0 bridgehead atoms. The number of aromatic nitrogens is 2. The largest absolute Gasteiger partial charge is 0.378 e. The fourth-order valence-corrected chi connectivity index (χ4v) is 8.90. The number of aliphatic hydroxyl groups is 1. The van der Waals surface area contributed by atoms with Gasteiger partial charge in [0.05, 0.1) is 31.0 Å². The number of aromatic amines is 1. The predicted molar refractivity (Wildman–Crippen MR) is 153 cm³/mol. The Hall–Kier alpha value is -1.79. The summed E-state index contributed by atoms with van der Waals surface area (Å²) in [4.78, 5) is 14.1. The lowest BCUT2D eigenvalue weighted by molar-refractivity contribution is -0.00315. The molecule has 1 saturated heterocycles. The van der Waals surface area contributed by atoms with E-state index in [0.29, 0.717) is 0 Å². The van der Waals surface area contributed by atoms with Gasteiger partial charge in [0, 0.05) is 47.5 Å². The molecule has 0 saturated carbocycles. The quantitative estimate of drug-likeness (QED) is 0.272. The summed E-state index contributed by atoms with van der Waals surface area (Å²) in [5.41, 5.74) is 6.58. The van der Waals surface area contributed by atoms with E-state index in [-0.39, 0.29) is 25.9 Å². The number of rotatable bonds is 7. The van der Waals surface area contributed by atoms with Crippen molar-refractivity contribution in [1.82, 2.24) is 19.8 Å². The zero-order valence-electron chi connectivity index (χ0n) is 19.7. The molecule has 7 nitrogen and oxygen atoms in total. The number of likely N-dealkylation sites (tertiary alicyclic amines) is 1. The van der Waals surface area contributed by atoms with Crippen molar-refractivity contribution < 1.29 is 5.11 Å². The highest BCUT2D eigenvalue weighted by Crippen LogP contribution is 2.48. The number of hydrogen-bond acceptors (Lipinski definition) is 7. The second-order valence-electron chi connectivity index (χ2n) is 9.49. The molecule has 3 aliphatic rings. The predicted octanol–water partition coefficient (Wildman–Crippen LogP) is 6.40. The van der Waals surface area contributed by atoms with Gasteiger partial charge in [-0.15, -0.1) is 0 Å². The van der Waals surface area contributed by atoms with E-state index < -0.39 is 0 Å². The highest BCUT2D eigenvalue weighted by Gasteiger charge is 2.22. The SMILES string of the molecule is OC(CCN1CCCCC1)N1CC=C(c2cc3c(Nc4ccc5c(c4)SI=N5)ccnc3[nH]2)CC1. The number of halogens is 1. The zero-order valence-corrected chi connectivity index (χ0v) is 22.7. The van der Waals surface area contributed by atoms with Crippen molar-refractivity contribution >= 4 is 62.2 Å². The van der Waals surface area contributed by atoms with Crippen LogP contribution in [0.4, 0.5) is 17.1 Å². The van der Waals surface area contributed by atoms with Crippen LogP contribution in [-0.4, -0.2) is 63.8 Å². The summed E-state index contributed by atoms with van der Waals surface area (Å²) in [7, 11) is 1.88. The van der Waals surface area contributed by atoms with Gasteiger partial charge in [-0.2, -0.15) is 0 Å². The standard InChI is InChI=1S/C26H31IN6OS/c34-25(9-13-32-11-2-1-3-12-32)33-14-7-18(8-15-33)23-17-20-21(6-10-28-26(20)30-23)29-19-4-5-22-24(16-19)35-27-31-22/h4-7,10,16-17,25,34H,1-3,8-9,11-15H2,(H2,28,29,30). The van der Waals surface area contributed by atoms with Gasteiger partial charge in [-0.25, -0.2) is 8.13 Å². The minimum absolute atomic E-state index is 0.137. The maximum absolute atomic E-state index is 10.7. The molecule has 2 aromatic heterocycles. The Bertz CT molecular complexity index is 1270. The van der Waals surface area contributed by atoms with Crippen LogP contribution in [0.25, 0.3) is 16.6 Å². The van der Waals surface area contributed by atoms with E-state index in [1.54, 1.807) is 0 Å². The molecule has 0 spiro atoms. The molecule has 0 aliphatic carbocycles. The number of piperidine rings is 1. The highest BCUT2D eigenvalue weighted by atomic mass is 127. The number of nitrogens with one attached hydrogen (secondary N) is 2. The number of pyridine rings is 1. The number of anilines is 2. The molecule has 1 atom stereocenters. The van der Waals surface area contributed by atoms with Crippen LogP contribution in [0, 0.1) is 0 Å². The number of fused-ring (bicyclic) bond motifs is 2. The van der Waals surface area contributed by atoms with Crippen LogP contribution in [0.5, 0.6) is 0 Å². The minimum Gasteiger partial charge on any atom is -0.378 e. The zero-order chi connectivity index (χ0) is 23.6. The van der Waals surface area contributed by atoms with Crippen LogP contribution in [0.2, 0.25) is 0 Å². The normalized spacial score (nSPS) is 19.9. The van der Waals surface area contributed by atoms with Gasteiger partial charge in [0.1, 0.15) is 11.9 Å². The number of H-pyrrole nitrogens is 1. The maximum Gasteiger partial charge on any atom is 0.139 e. The first kappa shape index (κ1) is 23.6. The Kier molecular flexibility index (Phi) is 7.20. The molecule has 35 heavy (non-hydrogen) atoms. The Morgan fingerprint density at radius 1 is 1.14 bits per heavy atom. The van der Waals surface area contributed by atoms with Crippen molar-refractivity contribution in [3.63, 3.8) is 0 Å². The molecular formula is C26H31IN6OS. The molecule has 184 valence electrons. The summed E-state index contributed by atoms with van der Waals surface area (Å²) in [5, 5.41) is 15.4. The second kappa shape index (κ2) is 10.7. The highest BCUT2D eigenvalue weighted by molar-refractivity contribution is 14.2. The average molecular weight is 603 g/mol. The first-order valence-corrected chi connectivity index (χ1v) is 16.8. The molecule has 9 heteroatoms. The Labute approximate surface area is 219 Å². The lowest BCUT2D eigenvalue weighted by atomic mass is 10.0. The summed E-state index contributed by atoms with van der Waals surface area (Å²) in [5.74, 6) is 0. The van der Waals surface area contributed by atoms with Crippen LogP contribution in [0.3, 0.4) is 0 Å². The van der Waals surface area contributed by atoms with Gasteiger partial charge in [-0.1, -0.05) is 12.5 Å². The summed E-state index contributed by atoms with van der Waals surface area (Å²) >= 11 is -0.137. The topological polar surface area (TPSA) is 79.8 Å². The Morgan fingerprint density at radius 2 is 2.06 bits per heavy atom. The third-order valence-corrected chi connectivity index (χ3v) is 10.9. The molecule has 3 aliphatic heterocycles. The van der Waals surface area contributed by atoms with E-state index in [0.717, 1.165) is 66.3 Å². The van der Waals surface area contributed by atoms with Gasteiger partial charge in [0.2, 0.25) is 0 Å². The monoisotopic (exact) mass is 602 g/mol. The summed E-state index contributed by atoms with van der Waals surface area (Å²) in [6, 6.07) is 10.7. The molecule has 3 aromatic rings. The number of nitrogens with zero attached hydrogens (tertiary/aromatic N) is 4. The van der Waals surface area contributed by atoms with Crippen molar-refractivity contribution in [3.05, 3.63) is 48.3 Å². The number of hydrogen-bond donors (Lipinski definition) is 3. The number of benzene rings is 1. The van der Waals surface area contributed by atoms with Gasteiger partial charge in [-0.3, -0.25) is 4.90 Å². The smallest absolute Gasteiger partial charge is 0.139 e. The minimum atomic E-state index is -0.365. The molecule has 6 rings (SSSR count). The molecule has 0 amide bonds. The van der Waals surface area contributed by atoms with E-state index in [1.807, 2.05) is 21.2 Å². The van der Waals surface area contributed by atoms with E-state index in [9.17, 15) is 5.11 Å². The van der Waals surface area contributed by atoms with Gasteiger partial charge in [-0.05, 0) is 83.6 Å². The molecule has 3 N–H and O–H groups in total. The van der Waals surface area contributed by atoms with Crippen molar-refractivity contribution in [2.24, 2.45) is 3.15 Å².